The average Bonchev–Trinajstić information content (AvgIpc) is 2.84. The van der Waals surface area contributed by atoms with Crippen molar-refractivity contribution < 1.29 is 19.7 Å². The van der Waals surface area contributed by atoms with Crippen LogP contribution in [0.2, 0.25) is 18.1 Å². The Labute approximate surface area is 171 Å². The number of aliphatic hydroxyl groups is 3. The van der Waals surface area contributed by atoms with Gasteiger partial charge in [0.05, 0.1) is 11.2 Å². The lowest BCUT2D eigenvalue weighted by molar-refractivity contribution is -0.173. The van der Waals surface area contributed by atoms with E-state index in [1.165, 1.54) is 0 Å². The Balaban J connectivity index is 1.79. The molecule has 2 fully saturated rings. The predicted octanol–water partition coefficient (Wildman–Crippen LogP) is 4.58. The van der Waals surface area contributed by atoms with Crippen molar-refractivity contribution in [1.29, 1.82) is 0 Å². The fourth-order valence-corrected chi connectivity index (χ4v) is 6.01. The number of aliphatic hydroxyl groups excluding tert-OH is 1. The number of hydrogen-bond acceptors (Lipinski definition) is 4. The highest BCUT2D eigenvalue weighted by Crippen LogP contribution is 2.61. The van der Waals surface area contributed by atoms with Gasteiger partial charge in [-0.3, -0.25) is 0 Å². The van der Waals surface area contributed by atoms with E-state index in [2.05, 4.69) is 40.8 Å². The van der Waals surface area contributed by atoms with E-state index in [4.69, 9.17) is 4.43 Å². The van der Waals surface area contributed by atoms with Crippen molar-refractivity contribution >= 4 is 8.32 Å². The van der Waals surface area contributed by atoms with Gasteiger partial charge in [-0.1, -0.05) is 39.8 Å². The van der Waals surface area contributed by atoms with Gasteiger partial charge in [-0.25, -0.2) is 0 Å². The molecule has 0 saturated heterocycles. The molecule has 0 aliphatic heterocycles. The second-order valence-electron chi connectivity index (χ2n) is 11.0. The van der Waals surface area contributed by atoms with Crippen molar-refractivity contribution in [3.63, 3.8) is 0 Å². The molecular weight excluding hydrogens is 368 g/mol. The molecule has 0 heterocycles. The van der Waals surface area contributed by atoms with Gasteiger partial charge in [0.15, 0.2) is 0 Å². The second kappa shape index (κ2) is 6.83. The minimum Gasteiger partial charge on any atom is -0.544 e. The lowest BCUT2D eigenvalue weighted by Gasteiger charge is -2.52. The number of hydrogen-bond donors (Lipinski definition) is 3. The van der Waals surface area contributed by atoms with E-state index in [0.29, 0.717) is 25.7 Å². The van der Waals surface area contributed by atoms with Gasteiger partial charge in [0.2, 0.25) is 8.32 Å². The van der Waals surface area contributed by atoms with Crippen molar-refractivity contribution in [3.05, 3.63) is 29.8 Å². The van der Waals surface area contributed by atoms with E-state index in [1.54, 1.807) is 0 Å². The highest BCUT2D eigenvalue weighted by Gasteiger charge is 2.61. The number of benzene rings is 1. The lowest BCUT2D eigenvalue weighted by Crippen LogP contribution is -2.54. The largest absolute Gasteiger partial charge is 0.544 e. The third-order valence-electron chi connectivity index (χ3n) is 8.30. The first-order valence-electron chi connectivity index (χ1n) is 10.6. The first kappa shape index (κ1) is 21.8. The summed E-state index contributed by atoms with van der Waals surface area (Å²) < 4.78 is 6.36. The van der Waals surface area contributed by atoms with Gasteiger partial charge in [-0.05, 0) is 67.4 Å². The molecule has 5 heteroatoms. The van der Waals surface area contributed by atoms with Crippen LogP contribution in [0.5, 0.6) is 5.75 Å². The molecule has 2 aliphatic rings. The molecule has 0 aromatic heterocycles. The van der Waals surface area contributed by atoms with E-state index in [0.717, 1.165) is 17.7 Å². The van der Waals surface area contributed by atoms with E-state index in [9.17, 15) is 15.3 Å². The summed E-state index contributed by atoms with van der Waals surface area (Å²) in [6.07, 6.45) is 3.11. The molecule has 4 atom stereocenters. The van der Waals surface area contributed by atoms with E-state index in [-0.39, 0.29) is 23.0 Å². The van der Waals surface area contributed by atoms with Gasteiger partial charge in [0, 0.05) is 18.4 Å². The maximum atomic E-state index is 11.4. The Bertz CT molecular complexity index is 710. The SMILES string of the molecule is CC(C)(C)[Si](C)(C)Oc1ccc([C@@]2(O)CC[C@]3(C)[C@@H](CO)CC[C@]3(O)C2)cc1. The number of rotatable bonds is 4. The Morgan fingerprint density at radius 2 is 1.68 bits per heavy atom. The highest BCUT2D eigenvalue weighted by atomic mass is 28.4. The summed E-state index contributed by atoms with van der Waals surface area (Å²) in [5, 5.41) is 32.7. The van der Waals surface area contributed by atoms with Crippen LogP contribution in [0.4, 0.5) is 0 Å². The van der Waals surface area contributed by atoms with Gasteiger partial charge in [-0.2, -0.15) is 0 Å². The predicted molar refractivity (Wildman–Crippen MR) is 115 cm³/mol. The van der Waals surface area contributed by atoms with Crippen molar-refractivity contribution in [1.82, 2.24) is 0 Å². The van der Waals surface area contributed by atoms with E-state index >= 15 is 0 Å². The molecule has 4 nitrogen and oxygen atoms in total. The van der Waals surface area contributed by atoms with Crippen LogP contribution < -0.4 is 4.43 Å². The number of fused-ring (bicyclic) bond motifs is 1. The van der Waals surface area contributed by atoms with Gasteiger partial charge < -0.3 is 19.7 Å². The van der Waals surface area contributed by atoms with Crippen LogP contribution in [-0.4, -0.2) is 35.8 Å². The molecular formula is C23H38O4Si. The first-order valence-corrected chi connectivity index (χ1v) is 13.5. The summed E-state index contributed by atoms with van der Waals surface area (Å²) >= 11 is 0. The van der Waals surface area contributed by atoms with Crippen LogP contribution in [0.3, 0.4) is 0 Å². The fourth-order valence-electron chi connectivity index (χ4n) is 4.98. The zero-order chi connectivity index (χ0) is 21.0. The normalized spacial score (nSPS) is 36.2. The van der Waals surface area contributed by atoms with Crippen molar-refractivity contribution in [2.45, 2.75) is 89.1 Å². The van der Waals surface area contributed by atoms with Crippen LogP contribution in [0.15, 0.2) is 24.3 Å². The molecule has 0 unspecified atom stereocenters. The molecule has 2 aliphatic carbocycles. The maximum Gasteiger partial charge on any atom is 0.250 e. The van der Waals surface area contributed by atoms with Gasteiger partial charge in [-0.15, -0.1) is 0 Å². The monoisotopic (exact) mass is 406 g/mol. The summed E-state index contributed by atoms with van der Waals surface area (Å²) in [7, 11) is -1.90. The Morgan fingerprint density at radius 1 is 1.07 bits per heavy atom. The molecule has 1 aromatic rings. The zero-order valence-electron chi connectivity index (χ0n) is 18.4. The molecule has 0 radical (unpaired) electrons. The molecule has 0 spiro atoms. The highest BCUT2D eigenvalue weighted by molar-refractivity contribution is 6.74. The summed E-state index contributed by atoms with van der Waals surface area (Å²) in [6.45, 7) is 13.3. The summed E-state index contributed by atoms with van der Waals surface area (Å²) in [5.41, 5.74) is -1.44. The Morgan fingerprint density at radius 3 is 2.21 bits per heavy atom. The molecule has 3 rings (SSSR count). The van der Waals surface area contributed by atoms with Crippen LogP contribution in [-0.2, 0) is 5.60 Å². The van der Waals surface area contributed by atoms with Crippen LogP contribution in [0.1, 0.15) is 65.4 Å². The third kappa shape index (κ3) is 3.45. The topological polar surface area (TPSA) is 69.9 Å². The lowest BCUT2D eigenvalue weighted by atomic mass is 9.58. The summed E-state index contributed by atoms with van der Waals surface area (Å²) in [5.74, 6) is 0.960. The Hall–Kier alpha value is -0.883. The van der Waals surface area contributed by atoms with E-state index < -0.39 is 19.5 Å². The van der Waals surface area contributed by atoms with Crippen LogP contribution >= 0.6 is 0 Å². The second-order valence-corrected chi connectivity index (χ2v) is 15.7. The molecule has 3 N–H and O–H groups in total. The summed E-state index contributed by atoms with van der Waals surface area (Å²) in [4.78, 5) is 0. The average molecular weight is 407 g/mol. The maximum absolute atomic E-state index is 11.4. The summed E-state index contributed by atoms with van der Waals surface area (Å²) in [6, 6.07) is 7.81. The van der Waals surface area contributed by atoms with E-state index in [1.807, 2.05) is 24.3 Å². The van der Waals surface area contributed by atoms with Gasteiger partial charge in [0.25, 0.3) is 0 Å². The minimum absolute atomic E-state index is 0.108. The van der Waals surface area contributed by atoms with Crippen molar-refractivity contribution in [3.8, 4) is 5.75 Å². The van der Waals surface area contributed by atoms with Crippen molar-refractivity contribution in [2.24, 2.45) is 11.3 Å². The zero-order valence-corrected chi connectivity index (χ0v) is 19.4. The van der Waals surface area contributed by atoms with Crippen molar-refractivity contribution in [2.75, 3.05) is 6.61 Å². The first-order chi connectivity index (χ1) is 12.8. The molecule has 0 amide bonds. The minimum atomic E-state index is -1.90. The molecule has 158 valence electrons. The molecule has 28 heavy (non-hydrogen) atoms. The smallest absolute Gasteiger partial charge is 0.250 e. The van der Waals surface area contributed by atoms with Gasteiger partial charge >= 0.3 is 0 Å². The third-order valence-corrected chi connectivity index (χ3v) is 12.7. The Kier molecular flexibility index (Phi) is 5.32. The van der Waals surface area contributed by atoms with Crippen LogP contribution in [0.25, 0.3) is 0 Å². The molecule has 1 aromatic carbocycles. The van der Waals surface area contributed by atoms with Crippen LogP contribution in [0, 0.1) is 11.3 Å². The molecule has 0 bridgehead atoms. The van der Waals surface area contributed by atoms with Gasteiger partial charge in [0.1, 0.15) is 5.75 Å². The standard InChI is InChI=1S/C23H38O4Si/c1-20(2,3)28(5,6)27-19-9-7-17(8-10-19)22(25)14-13-21(4)18(15-24)11-12-23(21,26)16-22/h7-10,18,24-26H,11-16H2,1-6H3/t18-,21-,22-,23+/m1/s1. The molecule has 2 saturated carbocycles. The fraction of sp³-hybridized carbons (Fsp3) is 0.739. The quantitative estimate of drug-likeness (QED) is 0.640.